The second-order valence-corrected chi connectivity index (χ2v) is 4.21. The molecule has 1 rings (SSSR count). The van der Waals surface area contributed by atoms with Gasteiger partial charge in [-0.15, -0.1) is 0 Å². The van der Waals surface area contributed by atoms with Gasteiger partial charge in [-0.05, 0) is 19.4 Å². The average molecular weight is 238 g/mol. The molecule has 3 heteroatoms. The lowest BCUT2D eigenvalue weighted by molar-refractivity contribution is -0.0670. The molecule has 1 aromatic rings. The lowest BCUT2D eigenvalue weighted by atomic mass is 10.2. The zero-order valence-electron chi connectivity index (χ0n) is 10.9. The maximum absolute atomic E-state index is 5.68. The molecular formula is C14H22O3. The van der Waals surface area contributed by atoms with Crippen molar-refractivity contribution in [3.8, 4) is 0 Å². The van der Waals surface area contributed by atoms with Crippen molar-refractivity contribution in [1.29, 1.82) is 0 Å². The maximum Gasteiger partial charge on any atom is 0.0785 e. The molecule has 0 aliphatic carbocycles. The van der Waals surface area contributed by atoms with Crippen LogP contribution in [0.1, 0.15) is 19.4 Å². The summed E-state index contributed by atoms with van der Waals surface area (Å²) in [6.45, 7) is 5.85. The van der Waals surface area contributed by atoms with E-state index in [1.54, 1.807) is 7.11 Å². The molecule has 0 aliphatic rings. The molecule has 0 fully saturated rings. The van der Waals surface area contributed by atoms with Gasteiger partial charge in [0.25, 0.3) is 0 Å². The molecule has 0 bridgehead atoms. The fourth-order valence-corrected chi connectivity index (χ4v) is 1.63. The molecule has 0 aromatic heterocycles. The molecule has 0 heterocycles. The Kier molecular flexibility index (Phi) is 6.86. The predicted molar refractivity (Wildman–Crippen MR) is 68.0 cm³/mol. The van der Waals surface area contributed by atoms with Crippen molar-refractivity contribution in [3.63, 3.8) is 0 Å². The van der Waals surface area contributed by atoms with E-state index in [1.165, 1.54) is 5.56 Å². The third-order valence-electron chi connectivity index (χ3n) is 2.33. The van der Waals surface area contributed by atoms with Crippen molar-refractivity contribution in [2.75, 3.05) is 20.3 Å². The van der Waals surface area contributed by atoms with Gasteiger partial charge in [-0.1, -0.05) is 30.3 Å². The van der Waals surface area contributed by atoms with E-state index >= 15 is 0 Å². The molecule has 0 radical (unpaired) electrons. The van der Waals surface area contributed by atoms with E-state index in [0.29, 0.717) is 19.8 Å². The zero-order valence-corrected chi connectivity index (χ0v) is 10.9. The van der Waals surface area contributed by atoms with Gasteiger partial charge in [0.05, 0.1) is 32.0 Å². The Bertz CT molecular complexity index is 287. The summed E-state index contributed by atoms with van der Waals surface area (Å²) in [5, 5.41) is 0. The van der Waals surface area contributed by atoms with Crippen LogP contribution in [-0.4, -0.2) is 32.5 Å². The molecule has 17 heavy (non-hydrogen) atoms. The van der Waals surface area contributed by atoms with Crippen LogP contribution in [0.2, 0.25) is 0 Å². The maximum atomic E-state index is 5.68. The Balaban J connectivity index is 2.14. The van der Waals surface area contributed by atoms with Crippen LogP contribution in [0.5, 0.6) is 0 Å². The van der Waals surface area contributed by atoms with Crippen LogP contribution < -0.4 is 0 Å². The topological polar surface area (TPSA) is 27.7 Å². The van der Waals surface area contributed by atoms with Gasteiger partial charge in [0.1, 0.15) is 0 Å². The minimum atomic E-state index is 0.0869. The SMILES string of the molecule is COCC(C)OC(C)COCc1ccccc1. The van der Waals surface area contributed by atoms with Crippen molar-refractivity contribution in [2.45, 2.75) is 32.7 Å². The van der Waals surface area contributed by atoms with Crippen LogP contribution in [-0.2, 0) is 20.8 Å². The summed E-state index contributed by atoms with van der Waals surface area (Å²) >= 11 is 0. The van der Waals surface area contributed by atoms with Gasteiger partial charge in [0.2, 0.25) is 0 Å². The minimum Gasteiger partial charge on any atom is -0.382 e. The van der Waals surface area contributed by atoms with Crippen LogP contribution in [0.4, 0.5) is 0 Å². The molecule has 0 spiro atoms. The molecule has 0 saturated heterocycles. The summed E-state index contributed by atoms with van der Waals surface area (Å²) in [6, 6.07) is 10.1. The highest BCUT2D eigenvalue weighted by atomic mass is 16.6. The van der Waals surface area contributed by atoms with Crippen LogP contribution in [0, 0.1) is 0 Å². The van der Waals surface area contributed by atoms with Crippen LogP contribution in [0.25, 0.3) is 0 Å². The molecule has 0 aliphatic heterocycles. The highest BCUT2D eigenvalue weighted by molar-refractivity contribution is 5.13. The van der Waals surface area contributed by atoms with Gasteiger partial charge in [-0.2, -0.15) is 0 Å². The number of methoxy groups -OCH3 is 1. The zero-order chi connectivity index (χ0) is 12.5. The first-order valence-electron chi connectivity index (χ1n) is 5.98. The summed E-state index contributed by atoms with van der Waals surface area (Å²) in [6.07, 6.45) is 0.194. The molecule has 0 saturated carbocycles. The van der Waals surface area contributed by atoms with E-state index in [0.717, 1.165) is 0 Å². The Morgan fingerprint density at radius 1 is 1.00 bits per heavy atom. The first-order valence-corrected chi connectivity index (χ1v) is 5.98. The second-order valence-electron chi connectivity index (χ2n) is 4.21. The van der Waals surface area contributed by atoms with E-state index in [1.807, 2.05) is 32.0 Å². The Hall–Kier alpha value is -0.900. The third kappa shape index (κ3) is 6.41. The van der Waals surface area contributed by atoms with Crippen LogP contribution in [0.15, 0.2) is 30.3 Å². The molecule has 1 aromatic carbocycles. The number of rotatable bonds is 8. The summed E-state index contributed by atoms with van der Waals surface area (Å²) in [5.74, 6) is 0. The highest BCUT2D eigenvalue weighted by Crippen LogP contribution is 2.03. The van der Waals surface area contributed by atoms with Crippen molar-refractivity contribution in [2.24, 2.45) is 0 Å². The molecule has 2 unspecified atom stereocenters. The number of hydrogen-bond donors (Lipinski definition) is 0. The van der Waals surface area contributed by atoms with Gasteiger partial charge in [0, 0.05) is 7.11 Å². The normalized spacial score (nSPS) is 14.5. The monoisotopic (exact) mass is 238 g/mol. The first kappa shape index (κ1) is 14.2. The van der Waals surface area contributed by atoms with Gasteiger partial charge in [0.15, 0.2) is 0 Å². The fourth-order valence-electron chi connectivity index (χ4n) is 1.63. The Morgan fingerprint density at radius 2 is 1.65 bits per heavy atom. The molecule has 2 atom stereocenters. The van der Waals surface area contributed by atoms with E-state index in [4.69, 9.17) is 14.2 Å². The summed E-state index contributed by atoms with van der Waals surface area (Å²) in [4.78, 5) is 0. The molecular weight excluding hydrogens is 216 g/mol. The van der Waals surface area contributed by atoms with Gasteiger partial charge >= 0.3 is 0 Å². The second kappa shape index (κ2) is 8.23. The number of hydrogen-bond acceptors (Lipinski definition) is 3. The lowest BCUT2D eigenvalue weighted by Gasteiger charge is -2.18. The molecule has 0 N–H and O–H groups in total. The van der Waals surface area contributed by atoms with Crippen molar-refractivity contribution >= 4 is 0 Å². The third-order valence-corrected chi connectivity index (χ3v) is 2.33. The Morgan fingerprint density at radius 3 is 2.29 bits per heavy atom. The standard InChI is InChI=1S/C14H22O3/c1-12(9-15-3)17-13(2)10-16-11-14-7-5-4-6-8-14/h4-8,12-13H,9-11H2,1-3H3. The summed E-state index contributed by atoms with van der Waals surface area (Å²) in [5.41, 5.74) is 1.18. The van der Waals surface area contributed by atoms with Crippen LogP contribution >= 0.6 is 0 Å². The lowest BCUT2D eigenvalue weighted by Crippen LogP contribution is -2.24. The van der Waals surface area contributed by atoms with E-state index in [9.17, 15) is 0 Å². The quantitative estimate of drug-likeness (QED) is 0.697. The number of ether oxygens (including phenoxy) is 3. The van der Waals surface area contributed by atoms with Crippen LogP contribution in [0.3, 0.4) is 0 Å². The fraction of sp³-hybridized carbons (Fsp3) is 0.571. The van der Waals surface area contributed by atoms with Gasteiger partial charge < -0.3 is 14.2 Å². The van der Waals surface area contributed by atoms with Crippen molar-refractivity contribution in [3.05, 3.63) is 35.9 Å². The van der Waals surface area contributed by atoms with E-state index < -0.39 is 0 Å². The van der Waals surface area contributed by atoms with Crippen molar-refractivity contribution < 1.29 is 14.2 Å². The summed E-state index contributed by atoms with van der Waals surface area (Å²) in [7, 11) is 1.68. The smallest absolute Gasteiger partial charge is 0.0785 e. The van der Waals surface area contributed by atoms with E-state index in [-0.39, 0.29) is 12.2 Å². The molecule has 0 amide bonds. The van der Waals surface area contributed by atoms with Gasteiger partial charge in [-0.25, -0.2) is 0 Å². The predicted octanol–water partition coefficient (Wildman–Crippen LogP) is 2.64. The molecule has 3 nitrogen and oxygen atoms in total. The minimum absolute atomic E-state index is 0.0869. The largest absolute Gasteiger partial charge is 0.382 e. The van der Waals surface area contributed by atoms with Crippen molar-refractivity contribution in [1.82, 2.24) is 0 Å². The molecule has 96 valence electrons. The highest BCUT2D eigenvalue weighted by Gasteiger charge is 2.08. The summed E-state index contributed by atoms with van der Waals surface area (Å²) < 4.78 is 16.3. The first-order chi connectivity index (χ1) is 8.22. The Labute approximate surface area is 104 Å². The number of benzene rings is 1. The van der Waals surface area contributed by atoms with E-state index in [2.05, 4.69) is 12.1 Å². The van der Waals surface area contributed by atoms with Gasteiger partial charge in [-0.3, -0.25) is 0 Å². The average Bonchev–Trinajstić information content (AvgIpc) is 2.30.